The highest BCUT2D eigenvalue weighted by Crippen LogP contribution is 2.34. The summed E-state index contributed by atoms with van der Waals surface area (Å²) in [5.41, 5.74) is 0. The van der Waals surface area contributed by atoms with Crippen LogP contribution in [0.4, 0.5) is 0 Å². The van der Waals surface area contributed by atoms with Crippen LogP contribution in [0.15, 0.2) is 0 Å². The van der Waals surface area contributed by atoms with Crippen molar-refractivity contribution in [2.24, 2.45) is 17.8 Å². The molecule has 0 radical (unpaired) electrons. The van der Waals surface area contributed by atoms with E-state index in [4.69, 9.17) is 0 Å². The Morgan fingerprint density at radius 1 is 1.06 bits per heavy atom. The molecule has 0 N–H and O–H groups in total. The quantitative estimate of drug-likeness (QED) is 0.595. The Balaban J connectivity index is 2.53. The van der Waals surface area contributed by atoms with Gasteiger partial charge in [0, 0.05) is 0 Å². The Morgan fingerprint density at radius 2 is 1.81 bits per heavy atom. The van der Waals surface area contributed by atoms with Crippen LogP contribution in [0.2, 0.25) is 12.6 Å². The van der Waals surface area contributed by atoms with E-state index in [0.717, 1.165) is 17.8 Å². The molecule has 0 aromatic rings. The van der Waals surface area contributed by atoms with Gasteiger partial charge in [-0.3, -0.25) is 0 Å². The van der Waals surface area contributed by atoms with E-state index in [9.17, 15) is 0 Å². The Labute approximate surface area is 104 Å². The monoisotopic (exact) mass is 222 g/mol. The first-order valence-electron chi connectivity index (χ1n) is 7.75. The van der Waals surface area contributed by atoms with E-state index in [0.29, 0.717) is 0 Å². The molecule has 0 bridgehead atoms. The minimum Gasteiger partial charge on any atom is -0.0774 e. The van der Waals surface area contributed by atoms with E-state index in [-0.39, 0.29) is 0 Å². The van der Waals surface area contributed by atoms with Crippen molar-refractivity contribution in [3.8, 4) is 0 Å². The van der Waals surface area contributed by atoms with Crippen molar-refractivity contribution < 1.29 is 0 Å². The average Bonchev–Trinajstić information content (AvgIpc) is 2.26. The molecule has 1 saturated heterocycles. The third-order valence-corrected chi connectivity index (χ3v) is 4.48. The Morgan fingerprint density at radius 3 is 2.50 bits per heavy atom. The summed E-state index contributed by atoms with van der Waals surface area (Å²) in [7, 11) is 1.49. The molecule has 2 atom stereocenters. The van der Waals surface area contributed by atoms with Gasteiger partial charge in [0.05, 0.1) is 0 Å². The molecule has 0 aromatic heterocycles. The van der Waals surface area contributed by atoms with Gasteiger partial charge in [0.15, 0.2) is 0 Å². The molecule has 0 aromatic carbocycles. The van der Waals surface area contributed by atoms with Gasteiger partial charge < -0.3 is 0 Å². The molecule has 1 aliphatic rings. The van der Waals surface area contributed by atoms with Crippen LogP contribution in [-0.2, 0) is 0 Å². The van der Waals surface area contributed by atoms with E-state index in [2.05, 4.69) is 20.8 Å². The van der Waals surface area contributed by atoms with E-state index < -0.39 is 0 Å². The molecule has 1 heteroatoms. The molecule has 1 rings (SSSR count). The SMILES string of the molecule is CCCC1CCCCBCCCC1C(C)C. The standard InChI is InChI=1S/C15H31B/c1-4-8-14-9-5-6-11-16-12-7-10-15(14)13(2)3/h13-16H,4-12H2,1-3H3. The summed E-state index contributed by atoms with van der Waals surface area (Å²) in [5, 5.41) is 0. The maximum absolute atomic E-state index is 2.44. The maximum atomic E-state index is 2.44. The van der Waals surface area contributed by atoms with Crippen LogP contribution in [0.1, 0.15) is 65.7 Å². The Bertz CT molecular complexity index is 165. The molecule has 1 heterocycles. The second kappa shape index (κ2) is 8.20. The fourth-order valence-corrected chi connectivity index (χ4v) is 3.55. The molecule has 0 nitrogen and oxygen atoms in total. The van der Waals surface area contributed by atoms with Crippen molar-refractivity contribution in [3.05, 3.63) is 0 Å². The highest BCUT2D eigenvalue weighted by Gasteiger charge is 2.23. The average molecular weight is 222 g/mol. The Hall–Kier alpha value is 0.0649. The Kier molecular flexibility index (Phi) is 7.24. The molecular formula is C15H31B. The number of hydrogen-bond acceptors (Lipinski definition) is 0. The van der Waals surface area contributed by atoms with Gasteiger partial charge in [-0.1, -0.05) is 78.4 Å². The molecule has 2 unspecified atom stereocenters. The zero-order chi connectivity index (χ0) is 11.8. The zero-order valence-corrected chi connectivity index (χ0v) is 11.8. The lowest BCUT2D eigenvalue weighted by molar-refractivity contribution is 0.205. The predicted molar refractivity (Wildman–Crippen MR) is 76.6 cm³/mol. The first kappa shape index (κ1) is 14.1. The molecule has 1 aliphatic heterocycles. The smallest absolute Gasteiger partial charge is 0.0774 e. The van der Waals surface area contributed by atoms with Crippen molar-refractivity contribution in [1.82, 2.24) is 0 Å². The molecule has 16 heavy (non-hydrogen) atoms. The minimum atomic E-state index is 0.899. The molecule has 0 amide bonds. The van der Waals surface area contributed by atoms with Crippen molar-refractivity contribution in [2.75, 3.05) is 0 Å². The van der Waals surface area contributed by atoms with Gasteiger partial charge in [0.25, 0.3) is 0 Å². The van der Waals surface area contributed by atoms with Gasteiger partial charge in [-0.25, -0.2) is 0 Å². The fourth-order valence-electron chi connectivity index (χ4n) is 3.55. The van der Waals surface area contributed by atoms with E-state index in [1.54, 1.807) is 0 Å². The first-order chi connectivity index (χ1) is 7.75. The summed E-state index contributed by atoms with van der Waals surface area (Å²) in [4.78, 5) is 0. The summed E-state index contributed by atoms with van der Waals surface area (Å²) in [5.74, 6) is 2.94. The van der Waals surface area contributed by atoms with E-state index >= 15 is 0 Å². The summed E-state index contributed by atoms with van der Waals surface area (Å²) >= 11 is 0. The summed E-state index contributed by atoms with van der Waals surface area (Å²) in [6.45, 7) is 7.24. The van der Waals surface area contributed by atoms with Gasteiger partial charge in [0.1, 0.15) is 7.28 Å². The highest BCUT2D eigenvalue weighted by atomic mass is 14.3. The predicted octanol–water partition coefficient (Wildman–Crippen LogP) is 4.91. The molecule has 0 saturated carbocycles. The van der Waals surface area contributed by atoms with Gasteiger partial charge in [0.2, 0.25) is 0 Å². The van der Waals surface area contributed by atoms with Crippen LogP contribution < -0.4 is 0 Å². The van der Waals surface area contributed by atoms with Gasteiger partial charge in [-0.15, -0.1) is 0 Å². The van der Waals surface area contributed by atoms with Crippen molar-refractivity contribution in [2.45, 2.75) is 78.4 Å². The van der Waals surface area contributed by atoms with E-state index in [1.807, 2.05) is 0 Å². The molecule has 94 valence electrons. The molecular weight excluding hydrogens is 191 g/mol. The van der Waals surface area contributed by atoms with Gasteiger partial charge in [-0.2, -0.15) is 0 Å². The second-order valence-corrected chi connectivity index (χ2v) is 6.16. The third kappa shape index (κ3) is 4.93. The second-order valence-electron chi connectivity index (χ2n) is 6.16. The lowest BCUT2D eigenvalue weighted by atomic mass is 9.65. The zero-order valence-electron chi connectivity index (χ0n) is 11.8. The van der Waals surface area contributed by atoms with Crippen molar-refractivity contribution in [3.63, 3.8) is 0 Å². The normalized spacial score (nSPS) is 28.8. The van der Waals surface area contributed by atoms with Gasteiger partial charge >= 0.3 is 0 Å². The fraction of sp³-hybridized carbons (Fsp3) is 1.00. The summed E-state index contributed by atoms with van der Waals surface area (Å²) < 4.78 is 0. The minimum absolute atomic E-state index is 0.899. The third-order valence-electron chi connectivity index (χ3n) is 4.48. The summed E-state index contributed by atoms with van der Waals surface area (Å²) in [6, 6.07) is 0. The van der Waals surface area contributed by atoms with Crippen molar-refractivity contribution in [1.29, 1.82) is 0 Å². The number of hydrogen-bond donors (Lipinski definition) is 0. The molecule has 1 fully saturated rings. The van der Waals surface area contributed by atoms with Crippen LogP contribution in [0.3, 0.4) is 0 Å². The van der Waals surface area contributed by atoms with Crippen LogP contribution in [-0.4, -0.2) is 7.28 Å². The molecule has 0 aliphatic carbocycles. The highest BCUT2D eigenvalue weighted by molar-refractivity contribution is 6.35. The lowest BCUT2D eigenvalue weighted by Crippen LogP contribution is -2.21. The van der Waals surface area contributed by atoms with Crippen LogP contribution in [0, 0.1) is 17.8 Å². The van der Waals surface area contributed by atoms with Crippen LogP contribution in [0.25, 0.3) is 0 Å². The van der Waals surface area contributed by atoms with Crippen LogP contribution in [0.5, 0.6) is 0 Å². The van der Waals surface area contributed by atoms with Crippen molar-refractivity contribution >= 4 is 7.28 Å². The summed E-state index contributed by atoms with van der Waals surface area (Å²) in [6.07, 6.45) is 13.3. The largest absolute Gasteiger partial charge is 0.120 e. The van der Waals surface area contributed by atoms with Gasteiger partial charge in [-0.05, 0) is 17.8 Å². The first-order valence-corrected chi connectivity index (χ1v) is 7.75. The van der Waals surface area contributed by atoms with Crippen LogP contribution >= 0.6 is 0 Å². The van der Waals surface area contributed by atoms with E-state index in [1.165, 1.54) is 64.9 Å². The molecule has 0 spiro atoms. The maximum Gasteiger partial charge on any atom is 0.120 e. The lowest BCUT2D eigenvalue weighted by Gasteiger charge is -2.31. The number of rotatable bonds is 3. The topological polar surface area (TPSA) is 0 Å².